The Morgan fingerprint density at radius 3 is 2.75 bits per heavy atom. The van der Waals surface area contributed by atoms with Gasteiger partial charge in [-0.05, 0) is 37.1 Å². The molecule has 110 valence electrons. The van der Waals surface area contributed by atoms with Crippen LogP contribution in [0.1, 0.15) is 12.8 Å². The number of benzene rings is 1. The lowest BCUT2D eigenvalue weighted by Crippen LogP contribution is -2.39. The van der Waals surface area contributed by atoms with Crippen LogP contribution in [0.3, 0.4) is 0 Å². The van der Waals surface area contributed by atoms with Gasteiger partial charge in [-0.1, -0.05) is 11.6 Å². The van der Waals surface area contributed by atoms with Gasteiger partial charge in [-0.2, -0.15) is 0 Å². The van der Waals surface area contributed by atoms with E-state index in [0.29, 0.717) is 17.3 Å². The van der Waals surface area contributed by atoms with Crippen molar-refractivity contribution in [3.63, 3.8) is 0 Å². The molecule has 4 N–H and O–H groups in total. The van der Waals surface area contributed by atoms with Crippen molar-refractivity contribution in [1.82, 2.24) is 5.32 Å². The third-order valence-electron chi connectivity index (χ3n) is 3.53. The molecular formula is C14H19ClN2O3. The quantitative estimate of drug-likeness (QED) is 0.755. The fourth-order valence-corrected chi connectivity index (χ4v) is 2.51. The first-order chi connectivity index (χ1) is 9.60. The second-order valence-electron chi connectivity index (χ2n) is 4.95. The molecule has 0 aliphatic heterocycles. The van der Waals surface area contributed by atoms with Crippen LogP contribution in [-0.4, -0.2) is 36.3 Å². The first kappa shape index (κ1) is 15.1. The highest BCUT2D eigenvalue weighted by atomic mass is 35.5. The third kappa shape index (κ3) is 3.85. The van der Waals surface area contributed by atoms with Crippen LogP contribution in [0.4, 0.5) is 0 Å². The number of halogens is 1. The summed E-state index contributed by atoms with van der Waals surface area (Å²) in [6.45, 7) is 0.394. The van der Waals surface area contributed by atoms with Crippen molar-refractivity contribution < 1.29 is 14.6 Å². The predicted octanol–water partition coefficient (Wildman–Crippen LogP) is 0.933. The zero-order valence-electron chi connectivity index (χ0n) is 11.1. The number of hydrogen-bond donors (Lipinski definition) is 3. The number of ether oxygens (including phenoxy) is 1. The number of aliphatic hydroxyl groups excluding tert-OH is 1. The monoisotopic (exact) mass is 298 g/mol. The molecule has 0 heterocycles. The SMILES string of the molecule is NCC(=O)NC[C@H]1CC[C@@H](Oc2ccc(Cl)cc2)[C@@H]1O. The third-order valence-corrected chi connectivity index (χ3v) is 3.79. The minimum Gasteiger partial charge on any atom is -0.488 e. The lowest BCUT2D eigenvalue weighted by molar-refractivity contribution is -0.120. The first-order valence-electron chi connectivity index (χ1n) is 6.67. The van der Waals surface area contributed by atoms with E-state index in [0.717, 1.165) is 12.8 Å². The maximum absolute atomic E-state index is 11.1. The van der Waals surface area contributed by atoms with Crippen LogP contribution in [0.5, 0.6) is 5.75 Å². The number of rotatable bonds is 5. The molecule has 1 saturated carbocycles. The second-order valence-corrected chi connectivity index (χ2v) is 5.38. The predicted molar refractivity (Wildman–Crippen MR) is 76.7 cm³/mol. The molecule has 1 aromatic carbocycles. The number of nitrogens with two attached hydrogens (primary N) is 1. The van der Waals surface area contributed by atoms with E-state index >= 15 is 0 Å². The molecule has 1 fully saturated rings. The van der Waals surface area contributed by atoms with Crippen LogP contribution >= 0.6 is 11.6 Å². The van der Waals surface area contributed by atoms with E-state index in [-0.39, 0.29) is 24.5 Å². The number of nitrogens with one attached hydrogen (secondary N) is 1. The highest BCUT2D eigenvalue weighted by Gasteiger charge is 2.36. The van der Waals surface area contributed by atoms with Gasteiger partial charge in [-0.15, -0.1) is 0 Å². The molecule has 0 aromatic heterocycles. The van der Waals surface area contributed by atoms with Crippen molar-refractivity contribution in [3.8, 4) is 5.75 Å². The van der Waals surface area contributed by atoms with Crippen LogP contribution in [0.15, 0.2) is 24.3 Å². The summed E-state index contributed by atoms with van der Waals surface area (Å²) in [6, 6.07) is 7.05. The van der Waals surface area contributed by atoms with Gasteiger partial charge >= 0.3 is 0 Å². The van der Waals surface area contributed by atoms with Gasteiger partial charge in [0, 0.05) is 17.5 Å². The summed E-state index contributed by atoms with van der Waals surface area (Å²) in [4.78, 5) is 11.1. The molecule has 20 heavy (non-hydrogen) atoms. The zero-order valence-corrected chi connectivity index (χ0v) is 11.8. The minimum atomic E-state index is -0.594. The van der Waals surface area contributed by atoms with E-state index in [1.807, 2.05) is 0 Å². The van der Waals surface area contributed by atoms with Gasteiger partial charge < -0.3 is 20.9 Å². The lowest BCUT2D eigenvalue weighted by atomic mass is 10.1. The molecule has 1 aliphatic rings. The zero-order chi connectivity index (χ0) is 14.5. The molecule has 0 radical (unpaired) electrons. The van der Waals surface area contributed by atoms with Gasteiger partial charge in [-0.25, -0.2) is 0 Å². The maximum atomic E-state index is 11.1. The number of aliphatic hydroxyl groups is 1. The molecule has 0 unspecified atom stereocenters. The maximum Gasteiger partial charge on any atom is 0.233 e. The summed E-state index contributed by atoms with van der Waals surface area (Å²) in [5, 5.41) is 13.6. The Balaban J connectivity index is 1.85. The summed E-state index contributed by atoms with van der Waals surface area (Å²) in [6.07, 6.45) is 0.719. The molecular weight excluding hydrogens is 280 g/mol. The first-order valence-corrected chi connectivity index (χ1v) is 7.05. The molecule has 1 amide bonds. The van der Waals surface area contributed by atoms with Gasteiger partial charge in [0.25, 0.3) is 0 Å². The van der Waals surface area contributed by atoms with Crippen LogP contribution in [0.2, 0.25) is 5.02 Å². The van der Waals surface area contributed by atoms with Crippen LogP contribution in [-0.2, 0) is 4.79 Å². The van der Waals surface area contributed by atoms with Gasteiger partial charge in [0.1, 0.15) is 11.9 Å². The molecule has 1 aliphatic carbocycles. The standard InChI is InChI=1S/C14H19ClN2O3/c15-10-2-4-11(5-3-10)20-12-6-1-9(14(12)19)8-17-13(18)7-16/h2-5,9,12,14,19H,1,6-8,16H2,(H,17,18)/t9-,12-,14-/m1/s1. The van der Waals surface area contributed by atoms with Crippen molar-refractivity contribution in [1.29, 1.82) is 0 Å². The molecule has 1 aromatic rings. The summed E-state index contributed by atoms with van der Waals surface area (Å²) < 4.78 is 5.76. The van der Waals surface area contributed by atoms with E-state index < -0.39 is 6.10 Å². The fraction of sp³-hybridized carbons (Fsp3) is 0.500. The van der Waals surface area contributed by atoms with Crippen molar-refractivity contribution in [3.05, 3.63) is 29.3 Å². The second kappa shape index (κ2) is 6.92. The van der Waals surface area contributed by atoms with Crippen molar-refractivity contribution in [2.45, 2.75) is 25.0 Å². The van der Waals surface area contributed by atoms with Crippen molar-refractivity contribution in [2.75, 3.05) is 13.1 Å². The molecule has 5 nitrogen and oxygen atoms in total. The van der Waals surface area contributed by atoms with E-state index in [2.05, 4.69) is 5.32 Å². The van der Waals surface area contributed by atoms with Gasteiger partial charge in [0.15, 0.2) is 0 Å². The Bertz CT molecular complexity index is 452. The van der Waals surface area contributed by atoms with Gasteiger partial charge in [0.05, 0.1) is 12.6 Å². The van der Waals surface area contributed by atoms with Crippen LogP contribution in [0.25, 0.3) is 0 Å². The van der Waals surface area contributed by atoms with Crippen LogP contribution < -0.4 is 15.8 Å². The summed E-state index contributed by atoms with van der Waals surface area (Å²) in [7, 11) is 0. The number of hydrogen-bond acceptors (Lipinski definition) is 4. The number of carbonyl (C=O) groups excluding carboxylic acids is 1. The fourth-order valence-electron chi connectivity index (χ4n) is 2.38. The molecule has 0 spiro atoms. The Kier molecular flexibility index (Phi) is 5.23. The average Bonchev–Trinajstić information content (AvgIpc) is 2.80. The molecule has 0 bridgehead atoms. The molecule has 0 saturated heterocycles. The summed E-state index contributed by atoms with van der Waals surface area (Å²) in [5.74, 6) is 0.479. The van der Waals surface area contributed by atoms with E-state index in [9.17, 15) is 9.90 Å². The summed E-state index contributed by atoms with van der Waals surface area (Å²) in [5.41, 5.74) is 5.22. The van der Waals surface area contributed by atoms with Gasteiger partial charge in [0.2, 0.25) is 5.91 Å². The normalized spacial score (nSPS) is 25.4. The number of amides is 1. The van der Waals surface area contributed by atoms with E-state index in [1.165, 1.54) is 0 Å². The molecule has 2 rings (SSSR count). The van der Waals surface area contributed by atoms with Crippen LogP contribution in [0, 0.1) is 5.92 Å². The minimum absolute atomic E-state index is 0.00259. The van der Waals surface area contributed by atoms with E-state index in [1.54, 1.807) is 24.3 Å². The van der Waals surface area contributed by atoms with Gasteiger partial charge in [-0.3, -0.25) is 4.79 Å². The van der Waals surface area contributed by atoms with Crippen molar-refractivity contribution >= 4 is 17.5 Å². The van der Waals surface area contributed by atoms with Crippen molar-refractivity contribution in [2.24, 2.45) is 11.7 Å². The smallest absolute Gasteiger partial charge is 0.233 e. The highest BCUT2D eigenvalue weighted by Crippen LogP contribution is 2.29. The Morgan fingerprint density at radius 1 is 1.40 bits per heavy atom. The molecule has 6 heteroatoms. The lowest BCUT2D eigenvalue weighted by Gasteiger charge is -2.21. The Hall–Kier alpha value is -1.30. The highest BCUT2D eigenvalue weighted by molar-refractivity contribution is 6.30. The largest absolute Gasteiger partial charge is 0.488 e. The summed E-state index contributed by atoms with van der Waals surface area (Å²) >= 11 is 5.81. The Labute approximate surface area is 123 Å². The average molecular weight is 299 g/mol. The number of carbonyl (C=O) groups is 1. The van der Waals surface area contributed by atoms with E-state index in [4.69, 9.17) is 22.1 Å². The topological polar surface area (TPSA) is 84.6 Å². The molecule has 3 atom stereocenters. The Morgan fingerprint density at radius 2 is 2.10 bits per heavy atom.